The van der Waals surface area contributed by atoms with Crippen molar-refractivity contribution in [2.24, 2.45) is 35.5 Å². The molecule has 5 heteroatoms. The first-order chi connectivity index (χ1) is 35.8. The average molecular weight is 1040 g/mol. The molecular formula is C69H117O4P. The lowest BCUT2D eigenvalue weighted by Gasteiger charge is -2.29. The molecule has 0 N–H and O–H groups in total. The molecule has 0 aliphatic carbocycles. The van der Waals surface area contributed by atoms with Crippen molar-refractivity contribution in [2.75, 3.05) is 0 Å². The van der Waals surface area contributed by atoms with Gasteiger partial charge in [0.1, 0.15) is 17.2 Å². The lowest BCUT2D eigenvalue weighted by atomic mass is 9.83. The molecule has 0 aromatic heterocycles. The summed E-state index contributed by atoms with van der Waals surface area (Å²) < 4.78 is 39.0. The van der Waals surface area contributed by atoms with E-state index in [1.807, 2.05) is 0 Å². The zero-order chi connectivity index (χ0) is 54.5. The van der Waals surface area contributed by atoms with Gasteiger partial charge in [0.15, 0.2) is 0 Å². The molecule has 0 spiro atoms. The summed E-state index contributed by atoms with van der Waals surface area (Å²) in [6.07, 6.45) is 34.0. The van der Waals surface area contributed by atoms with Crippen LogP contribution in [0.25, 0.3) is 0 Å². The SMILES string of the molecule is CCCCC(CC)Cc1c(C)ccc(OP(=O)(Oc2ccc(C)c(CC(CC)CCCC)c2CC(CC)CCCC)Oc2ccc(C)c(CC(CC)CCCC)c2CC(CC)CCCC)c1CC(CC)CCCC. The molecule has 4 nitrogen and oxygen atoms in total. The first kappa shape index (κ1) is 65.6. The molecule has 3 aromatic carbocycles. The highest BCUT2D eigenvalue weighted by Crippen LogP contribution is 2.54. The maximum absolute atomic E-state index is 16.9. The highest BCUT2D eigenvalue weighted by Gasteiger charge is 2.38. The minimum Gasteiger partial charge on any atom is -0.386 e. The van der Waals surface area contributed by atoms with Gasteiger partial charge in [-0.1, -0.05) is 255 Å². The Bertz CT molecular complexity index is 1810. The van der Waals surface area contributed by atoms with Gasteiger partial charge in [-0.15, -0.1) is 0 Å². The molecular weight excluding hydrogens is 924 g/mol. The minimum absolute atomic E-state index is 0.494. The van der Waals surface area contributed by atoms with Crippen LogP contribution in [0.5, 0.6) is 17.2 Å². The second-order valence-corrected chi connectivity index (χ2v) is 24.9. The number of unbranched alkanes of at least 4 members (excludes halogenated alkanes) is 6. The Hall–Kier alpha value is -2.71. The third kappa shape index (κ3) is 21.3. The smallest absolute Gasteiger partial charge is 0.386 e. The number of phosphoric acid groups is 1. The van der Waals surface area contributed by atoms with Gasteiger partial charge in [-0.25, -0.2) is 0 Å². The predicted molar refractivity (Wildman–Crippen MR) is 325 cm³/mol. The van der Waals surface area contributed by atoms with Crippen LogP contribution >= 0.6 is 7.82 Å². The minimum atomic E-state index is -4.47. The van der Waals surface area contributed by atoms with Crippen LogP contribution in [-0.2, 0) is 43.1 Å². The number of rotatable bonds is 42. The molecule has 0 aliphatic rings. The molecule has 6 unspecified atom stereocenters. The van der Waals surface area contributed by atoms with Gasteiger partial charge in [0.05, 0.1) is 0 Å². The third-order valence-corrected chi connectivity index (χ3v) is 19.0. The number of benzene rings is 3. The zero-order valence-electron chi connectivity index (χ0n) is 51.2. The number of aryl methyl sites for hydroxylation is 3. The Morgan fingerprint density at radius 1 is 0.311 bits per heavy atom. The largest absolute Gasteiger partial charge is 0.647 e. The van der Waals surface area contributed by atoms with Gasteiger partial charge in [-0.2, -0.15) is 4.57 Å². The Kier molecular flexibility index (Phi) is 32.3. The standard InChI is InChI=1S/C69H117O4P/c1-16-28-34-55(22-7)46-61-52(13)40-43-67(64(61)49-58(25-10)37-31-19-4)71-74(70,72-68-44-41-53(14)62(47-56(23-8)35-29-17-2)65(68)50-59(26-11)38-32-20-5)73-69-45-42-54(15)63(48-57(24-9)36-30-18-3)66(69)51-60(27-12)39-33-21-6/h40-45,55-60H,16-39,46-51H2,1-15H3. The van der Waals surface area contributed by atoms with E-state index in [2.05, 4.69) is 140 Å². The van der Waals surface area contributed by atoms with Gasteiger partial charge in [0, 0.05) is 0 Å². The van der Waals surface area contributed by atoms with Crippen LogP contribution in [0.3, 0.4) is 0 Å². The quantitative estimate of drug-likeness (QED) is 0.0531. The Morgan fingerprint density at radius 2 is 0.500 bits per heavy atom. The van der Waals surface area contributed by atoms with E-state index < -0.39 is 7.82 Å². The van der Waals surface area contributed by atoms with Crippen LogP contribution in [0.1, 0.15) is 287 Å². The molecule has 74 heavy (non-hydrogen) atoms. The van der Waals surface area contributed by atoms with Gasteiger partial charge in [-0.05, 0) is 163 Å². The molecule has 3 rings (SSSR count). The van der Waals surface area contributed by atoms with Crippen molar-refractivity contribution in [2.45, 2.75) is 296 Å². The van der Waals surface area contributed by atoms with E-state index in [0.717, 1.165) is 77.0 Å². The van der Waals surface area contributed by atoms with Crippen molar-refractivity contribution in [1.82, 2.24) is 0 Å². The van der Waals surface area contributed by atoms with Crippen molar-refractivity contribution in [3.05, 3.63) is 86.5 Å². The molecule has 0 bridgehead atoms. The van der Waals surface area contributed by atoms with Gasteiger partial charge >= 0.3 is 7.82 Å². The summed E-state index contributed by atoms with van der Waals surface area (Å²) in [4.78, 5) is 0. The Labute approximate surface area is 459 Å². The topological polar surface area (TPSA) is 44.8 Å². The zero-order valence-corrected chi connectivity index (χ0v) is 52.1. The van der Waals surface area contributed by atoms with E-state index in [4.69, 9.17) is 13.6 Å². The lowest BCUT2D eigenvalue weighted by Crippen LogP contribution is -2.17. The highest BCUT2D eigenvalue weighted by atomic mass is 31.2. The third-order valence-electron chi connectivity index (χ3n) is 17.7. The monoisotopic (exact) mass is 1040 g/mol. The van der Waals surface area contributed by atoms with Crippen molar-refractivity contribution in [3.63, 3.8) is 0 Å². The first-order valence-electron chi connectivity index (χ1n) is 31.8. The predicted octanol–water partition coefficient (Wildman–Crippen LogP) is 22.8. The van der Waals surface area contributed by atoms with Crippen LogP contribution < -0.4 is 13.6 Å². The average Bonchev–Trinajstić information content (AvgIpc) is 3.40. The van der Waals surface area contributed by atoms with Gasteiger partial charge in [0.2, 0.25) is 0 Å². The van der Waals surface area contributed by atoms with Crippen LogP contribution in [0.15, 0.2) is 36.4 Å². The fraction of sp³-hybridized carbons (Fsp3) is 0.739. The molecule has 0 aliphatic heterocycles. The summed E-state index contributed by atoms with van der Waals surface area (Å²) in [5.74, 6) is 5.24. The van der Waals surface area contributed by atoms with Gasteiger partial charge in [0.25, 0.3) is 0 Å². The number of hydrogen-bond donors (Lipinski definition) is 0. The van der Waals surface area contributed by atoms with Crippen LogP contribution in [0.2, 0.25) is 0 Å². The van der Waals surface area contributed by atoms with Crippen molar-refractivity contribution in [1.29, 1.82) is 0 Å². The summed E-state index contributed by atoms with van der Waals surface area (Å²) in [7, 11) is -4.47. The van der Waals surface area contributed by atoms with E-state index in [9.17, 15) is 0 Å². The summed E-state index contributed by atoms with van der Waals surface area (Å²) >= 11 is 0. The maximum atomic E-state index is 16.9. The van der Waals surface area contributed by atoms with E-state index in [0.29, 0.717) is 52.8 Å². The molecule has 0 radical (unpaired) electrons. The Morgan fingerprint density at radius 3 is 0.676 bits per heavy atom. The second kappa shape index (κ2) is 36.4. The normalized spacial score (nSPS) is 15.1. The van der Waals surface area contributed by atoms with Gasteiger partial charge < -0.3 is 13.6 Å². The van der Waals surface area contributed by atoms with Gasteiger partial charge in [-0.3, -0.25) is 0 Å². The molecule has 0 saturated carbocycles. The number of phosphoric ester groups is 1. The van der Waals surface area contributed by atoms with Crippen LogP contribution in [0.4, 0.5) is 0 Å². The van der Waals surface area contributed by atoms with Crippen molar-refractivity contribution in [3.8, 4) is 17.2 Å². The summed E-state index contributed by atoms with van der Waals surface area (Å²) in [6, 6.07) is 13.0. The maximum Gasteiger partial charge on any atom is 0.647 e. The fourth-order valence-electron chi connectivity index (χ4n) is 12.0. The molecule has 0 amide bonds. The van der Waals surface area contributed by atoms with Crippen LogP contribution in [0, 0.1) is 56.3 Å². The fourth-order valence-corrected chi connectivity index (χ4v) is 13.3. The summed E-state index contributed by atoms with van der Waals surface area (Å²) in [5, 5.41) is 0. The Balaban J connectivity index is 2.53. The van der Waals surface area contributed by atoms with E-state index >= 15 is 4.57 Å². The lowest BCUT2D eigenvalue weighted by molar-refractivity contribution is 0.291. The molecule has 3 aromatic rings. The summed E-state index contributed by atoms with van der Waals surface area (Å²) in [5.41, 5.74) is 11.7. The second-order valence-electron chi connectivity index (χ2n) is 23.5. The molecule has 0 saturated heterocycles. The molecule has 0 fully saturated rings. The van der Waals surface area contributed by atoms with Crippen molar-refractivity contribution >= 4 is 7.82 Å². The van der Waals surface area contributed by atoms with Crippen molar-refractivity contribution < 1.29 is 18.1 Å². The van der Waals surface area contributed by atoms with Crippen LogP contribution in [-0.4, -0.2) is 0 Å². The van der Waals surface area contributed by atoms with E-state index in [1.165, 1.54) is 166 Å². The van der Waals surface area contributed by atoms with E-state index in [1.54, 1.807) is 0 Å². The highest BCUT2D eigenvalue weighted by molar-refractivity contribution is 7.49. The molecule has 0 heterocycles. The molecule has 422 valence electrons. The first-order valence-corrected chi connectivity index (χ1v) is 33.2. The summed E-state index contributed by atoms with van der Waals surface area (Å²) in [6.45, 7) is 34.8. The number of hydrogen-bond acceptors (Lipinski definition) is 4. The van der Waals surface area contributed by atoms with E-state index in [-0.39, 0.29) is 0 Å². The molecule has 6 atom stereocenters.